The summed E-state index contributed by atoms with van der Waals surface area (Å²) >= 11 is 1.67. The second-order valence-electron chi connectivity index (χ2n) is 6.27. The van der Waals surface area contributed by atoms with Crippen molar-refractivity contribution in [3.05, 3.63) is 11.1 Å². The van der Waals surface area contributed by atoms with E-state index in [2.05, 4.69) is 39.4 Å². The molecule has 1 aliphatic heterocycles. The van der Waals surface area contributed by atoms with E-state index in [1.165, 1.54) is 6.42 Å². The largest absolute Gasteiger partial charge is 0.354 e. The van der Waals surface area contributed by atoms with E-state index in [0.717, 1.165) is 48.3 Å². The highest BCUT2D eigenvalue weighted by Crippen LogP contribution is 2.21. The van der Waals surface area contributed by atoms with Crippen LogP contribution in [0.2, 0.25) is 0 Å². The molecule has 0 aromatic carbocycles. The summed E-state index contributed by atoms with van der Waals surface area (Å²) < 4.78 is 0. The number of thiazole rings is 1. The monoisotopic (exact) mass is 309 g/mol. The molecule has 2 unspecified atom stereocenters. The van der Waals surface area contributed by atoms with Gasteiger partial charge in [0, 0.05) is 39.6 Å². The zero-order valence-electron chi connectivity index (χ0n) is 13.8. The third kappa shape index (κ3) is 4.33. The van der Waals surface area contributed by atoms with Crippen molar-refractivity contribution in [3.8, 4) is 0 Å². The van der Waals surface area contributed by atoms with Gasteiger partial charge in [-0.2, -0.15) is 0 Å². The number of nitrogens with one attached hydrogen (secondary N) is 1. The summed E-state index contributed by atoms with van der Waals surface area (Å²) in [5, 5.41) is 6.60. The lowest BCUT2D eigenvalue weighted by Crippen LogP contribution is -2.48. The van der Waals surface area contributed by atoms with E-state index in [4.69, 9.17) is 0 Å². The summed E-state index contributed by atoms with van der Waals surface area (Å²) in [7, 11) is 5.90. The quantitative estimate of drug-likeness (QED) is 0.687. The first-order valence-electron chi connectivity index (χ1n) is 7.57. The van der Waals surface area contributed by atoms with E-state index >= 15 is 0 Å². The molecule has 0 bridgehead atoms. The minimum absolute atomic E-state index is 0.729. The normalized spacial score (nSPS) is 23.3. The van der Waals surface area contributed by atoms with Crippen LogP contribution >= 0.6 is 11.3 Å². The van der Waals surface area contributed by atoms with Crippen molar-refractivity contribution in [1.29, 1.82) is 0 Å². The van der Waals surface area contributed by atoms with Gasteiger partial charge in [-0.05, 0) is 18.3 Å². The number of anilines is 1. The van der Waals surface area contributed by atoms with E-state index in [-0.39, 0.29) is 0 Å². The number of likely N-dealkylation sites (tertiary alicyclic amines) is 1. The Balaban J connectivity index is 1.93. The Kier molecular flexibility index (Phi) is 5.45. The summed E-state index contributed by atoms with van der Waals surface area (Å²) in [4.78, 5) is 13.4. The van der Waals surface area contributed by atoms with E-state index in [0.29, 0.717) is 0 Å². The van der Waals surface area contributed by atoms with Crippen LogP contribution in [-0.2, 0) is 6.54 Å². The van der Waals surface area contributed by atoms with Crippen LogP contribution in [0.3, 0.4) is 0 Å². The fraction of sp³-hybridized carbons (Fsp3) is 0.733. The lowest BCUT2D eigenvalue weighted by molar-refractivity contribution is 0.208. The van der Waals surface area contributed by atoms with Gasteiger partial charge in [-0.15, -0.1) is 11.3 Å². The lowest BCUT2D eigenvalue weighted by Gasteiger charge is -2.37. The minimum atomic E-state index is 0.729. The molecule has 0 radical (unpaired) electrons. The predicted molar refractivity (Wildman–Crippen MR) is 91.2 cm³/mol. The highest BCUT2D eigenvalue weighted by molar-refractivity contribution is 7.13. The highest BCUT2D eigenvalue weighted by atomic mass is 32.1. The van der Waals surface area contributed by atoms with Crippen LogP contribution in [0.1, 0.15) is 26.0 Å². The number of aromatic nitrogens is 1. The Bertz CT molecular complexity index is 472. The van der Waals surface area contributed by atoms with Crippen LogP contribution < -0.4 is 10.2 Å². The number of guanidine groups is 1. The molecule has 0 saturated carbocycles. The molecule has 2 rings (SSSR count). The Labute approximate surface area is 132 Å². The summed E-state index contributed by atoms with van der Waals surface area (Å²) in [6.45, 7) is 7.55. The second-order valence-corrected chi connectivity index (χ2v) is 7.10. The van der Waals surface area contributed by atoms with Gasteiger partial charge in [0.15, 0.2) is 11.1 Å². The van der Waals surface area contributed by atoms with Gasteiger partial charge in [0.2, 0.25) is 0 Å². The SMILES string of the molecule is CN=C(NCc1csc(N(C)C)n1)N1CC(C)CC(C)C1. The number of piperidine rings is 1. The smallest absolute Gasteiger partial charge is 0.193 e. The summed E-state index contributed by atoms with van der Waals surface area (Å²) in [5.41, 5.74) is 1.07. The lowest BCUT2D eigenvalue weighted by atomic mass is 9.92. The van der Waals surface area contributed by atoms with Crippen LogP contribution in [0, 0.1) is 11.8 Å². The summed E-state index contributed by atoms with van der Waals surface area (Å²) in [6.07, 6.45) is 1.31. The van der Waals surface area contributed by atoms with Crippen LogP contribution in [0.25, 0.3) is 0 Å². The first-order chi connectivity index (χ1) is 9.99. The Hall–Kier alpha value is -1.30. The van der Waals surface area contributed by atoms with Crippen molar-refractivity contribution >= 4 is 22.4 Å². The van der Waals surface area contributed by atoms with Crippen molar-refractivity contribution in [3.63, 3.8) is 0 Å². The van der Waals surface area contributed by atoms with E-state index in [1.807, 2.05) is 26.0 Å². The molecule has 1 saturated heterocycles. The fourth-order valence-electron chi connectivity index (χ4n) is 2.92. The molecule has 1 N–H and O–H groups in total. The fourth-order valence-corrected chi connectivity index (χ4v) is 3.68. The van der Waals surface area contributed by atoms with Crippen molar-refractivity contribution in [2.45, 2.75) is 26.8 Å². The van der Waals surface area contributed by atoms with Crippen LogP contribution in [0.4, 0.5) is 5.13 Å². The molecule has 5 nitrogen and oxygen atoms in total. The van der Waals surface area contributed by atoms with Crippen molar-refractivity contribution in [1.82, 2.24) is 15.2 Å². The van der Waals surface area contributed by atoms with Gasteiger partial charge in [-0.1, -0.05) is 13.8 Å². The van der Waals surface area contributed by atoms with Gasteiger partial charge in [0.25, 0.3) is 0 Å². The molecular weight excluding hydrogens is 282 g/mol. The van der Waals surface area contributed by atoms with Crippen LogP contribution in [0.5, 0.6) is 0 Å². The molecule has 1 aromatic rings. The number of hydrogen-bond acceptors (Lipinski definition) is 4. The molecule has 0 amide bonds. The first-order valence-corrected chi connectivity index (χ1v) is 8.45. The highest BCUT2D eigenvalue weighted by Gasteiger charge is 2.23. The van der Waals surface area contributed by atoms with Gasteiger partial charge in [-0.25, -0.2) is 4.98 Å². The maximum atomic E-state index is 4.60. The van der Waals surface area contributed by atoms with Gasteiger partial charge in [0.1, 0.15) is 0 Å². The van der Waals surface area contributed by atoms with Gasteiger partial charge in [-0.3, -0.25) is 4.99 Å². The molecular formula is C15H27N5S. The maximum Gasteiger partial charge on any atom is 0.193 e. The van der Waals surface area contributed by atoms with Gasteiger partial charge >= 0.3 is 0 Å². The summed E-state index contributed by atoms with van der Waals surface area (Å²) in [6, 6.07) is 0. The third-order valence-corrected chi connectivity index (χ3v) is 4.79. The molecule has 2 heterocycles. The Morgan fingerprint density at radius 3 is 2.62 bits per heavy atom. The third-order valence-electron chi connectivity index (χ3n) is 3.73. The molecule has 118 valence electrons. The van der Waals surface area contributed by atoms with Crippen molar-refractivity contribution in [2.24, 2.45) is 16.8 Å². The first kappa shape index (κ1) is 16.1. The Morgan fingerprint density at radius 1 is 1.43 bits per heavy atom. The molecule has 0 spiro atoms. The zero-order chi connectivity index (χ0) is 15.4. The summed E-state index contributed by atoms with van der Waals surface area (Å²) in [5.74, 6) is 2.45. The maximum absolute atomic E-state index is 4.60. The average Bonchev–Trinajstić information content (AvgIpc) is 2.87. The second kappa shape index (κ2) is 7.11. The zero-order valence-corrected chi connectivity index (χ0v) is 14.6. The van der Waals surface area contributed by atoms with Crippen LogP contribution in [0.15, 0.2) is 10.4 Å². The van der Waals surface area contributed by atoms with E-state index < -0.39 is 0 Å². The number of aliphatic imine (C=N–C) groups is 1. The van der Waals surface area contributed by atoms with Crippen LogP contribution in [-0.4, -0.2) is 50.1 Å². The van der Waals surface area contributed by atoms with Gasteiger partial charge < -0.3 is 15.1 Å². The topological polar surface area (TPSA) is 43.8 Å². The molecule has 0 aliphatic carbocycles. The molecule has 1 aromatic heterocycles. The minimum Gasteiger partial charge on any atom is -0.354 e. The number of hydrogen-bond donors (Lipinski definition) is 1. The standard InChI is InChI=1S/C15H27N5S/c1-11-6-12(2)9-20(8-11)14(16-3)17-7-13-10-21-15(18-13)19(4)5/h10-12H,6-9H2,1-5H3,(H,16,17). The number of rotatable bonds is 3. The van der Waals surface area contributed by atoms with E-state index in [1.54, 1.807) is 11.3 Å². The van der Waals surface area contributed by atoms with Crippen molar-refractivity contribution in [2.75, 3.05) is 39.1 Å². The van der Waals surface area contributed by atoms with Crippen molar-refractivity contribution < 1.29 is 0 Å². The average molecular weight is 309 g/mol. The predicted octanol–water partition coefficient (Wildman–Crippen LogP) is 2.26. The van der Waals surface area contributed by atoms with E-state index in [9.17, 15) is 0 Å². The Morgan fingerprint density at radius 2 is 2.10 bits per heavy atom. The molecule has 1 fully saturated rings. The molecule has 21 heavy (non-hydrogen) atoms. The molecule has 2 atom stereocenters. The number of nitrogens with zero attached hydrogens (tertiary/aromatic N) is 4. The molecule has 1 aliphatic rings. The van der Waals surface area contributed by atoms with Gasteiger partial charge in [0.05, 0.1) is 12.2 Å². The molecule has 6 heteroatoms.